The Morgan fingerprint density at radius 1 is 1.23 bits per heavy atom. The van der Waals surface area contributed by atoms with Crippen LogP contribution in [0.5, 0.6) is 0 Å². The summed E-state index contributed by atoms with van der Waals surface area (Å²) >= 11 is 5.92. The van der Waals surface area contributed by atoms with Gasteiger partial charge in [0.25, 0.3) is 5.91 Å². The summed E-state index contributed by atoms with van der Waals surface area (Å²) in [5.41, 5.74) is 2.71. The highest BCUT2D eigenvalue weighted by Gasteiger charge is 2.17. The third-order valence-corrected chi connectivity index (χ3v) is 3.82. The number of carbonyl (C=O) groups is 2. The van der Waals surface area contributed by atoms with Crippen LogP contribution in [-0.2, 0) is 14.3 Å². The summed E-state index contributed by atoms with van der Waals surface area (Å²) in [4.78, 5) is 23.9. The molecule has 0 aromatic heterocycles. The molecule has 1 atom stereocenters. The first-order chi connectivity index (χ1) is 12.4. The van der Waals surface area contributed by atoms with Crippen LogP contribution in [0.1, 0.15) is 23.6 Å². The minimum absolute atomic E-state index is 0.232. The Bertz CT molecular complexity index is 883. The molecule has 0 aliphatic carbocycles. The highest BCUT2D eigenvalue weighted by Crippen LogP contribution is 2.20. The molecule has 2 aromatic carbocycles. The van der Waals surface area contributed by atoms with Crippen LogP contribution in [-0.4, -0.2) is 18.0 Å². The molecule has 0 heterocycles. The molecule has 2 rings (SSSR count). The number of amides is 1. The van der Waals surface area contributed by atoms with Gasteiger partial charge in [-0.15, -0.1) is 0 Å². The standard InChI is InChI=1S/C20H17ClN2O3/c1-13-3-5-15(6-4-13)7-10-19(24)26-14(2)20(25)23-17-9-8-16(12-22)18(21)11-17/h3-11,14H,1-2H3,(H,23,25)/b10-7+. The van der Waals surface area contributed by atoms with Gasteiger partial charge in [-0.3, -0.25) is 4.79 Å². The molecule has 0 spiro atoms. The van der Waals surface area contributed by atoms with Crippen molar-refractivity contribution >= 4 is 35.2 Å². The summed E-state index contributed by atoms with van der Waals surface area (Å²) in [6, 6.07) is 14.1. The molecule has 0 saturated heterocycles. The van der Waals surface area contributed by atoms with Gasteiger partial charge in [0.1, 0.15) is 6.07 Å². The molecule has 6 heteroatoms. The fourth-order valence-corrected chi connectivity index (χ4v) is 2.26. The summed E-state index contributed by atoms with van der Waals surface area (Å²) < 4.78 is 5.08. The van der Waals surface area contributed by atoms with Gasteiger partial charge in [-0.2, -0.15) is 5.26 Å². The predicted molar refractivity (Wildman–Crippen MR) is 101 cm³/mol. The lowest BCUT2D eigenvalue weighted by atomic mass is 10.1. The van der Waals surface area contributed by atoms with E-state index in [4.69, 9.17) is 21.6 Å². The fourth-order valence-electron chi connectivity index (χ4n) is 2.04. The molecule has 0 fully saturated rings. The molecule has 0 bridgehead atoms. The number of nitrogens with one attached hydrogen (secondary N) is 1. The molecule has 0 aliphatic heterocycles. The number of ether oxygens (including phenoxy) is 1. The van der Waals surface area contributed by atoms with Crippen LogP contribution in [0.4, 0.5) is 5.69 Å². The van der Waals surface area contributed by atoms with Crippen molar-refractivity contribution in [2.24, 2.45) is 0 Å². The summed E-state index contributed by atoms with van der Waals surface area (Å²) in [5.74, 6) is -1.12. The fraction of sp³-hybridized carbons (Fsp3) is 0.150. The number of anilines is 1. The van der Waals surface area contributed by atoms with Gasteiger partial charge in [0.15, 0.2) is 6.10 Å². The molecule has 2 aromatic rings. The smallest absolute Gasteiger partial charge is 0.331 e. The van der Waals surface area contributed by atoms with Gasteiger partial charge in [-0.1, -0.05) is 41.4 Å². The average molecular weight is 369 g/mol. The Labute approximate surface area is 156 Å². The van der Waals surface area contributed by atoms with Crippen LogP contribution in [0.15, 0.2) is 48.5 Å². The molecule has 0 radical (unpaired) electrons. The second-order valence-electron chi connectivity index (χ2n) is 5.62. The summed E-state index contributed by atoms with van der Waals surface area (Å²) in [6.45, 7) is 3.45. The van der Waals surface area contributed by atoms with Crippen molar-refractivity contribution in [2.45, 2.75) is 20.0 Å². The van der Waals surface area contributed by atoms with E-state index in [0.717, 1.165) is 11.1 Å². The first-order valence-electron chi connectivity index (χ1n) is 7.85. The number of halogens is 1. The van der Waals surface area contributed by atoms with Gasteiger partial charge in [-0.25, -0.2) is 4.79 Å². The lowest BCUT2D eigenvalue weighted by Crippen LogP contribution is -2.29. The molecule has 0 saturated carbocycles. The quantitative estimate of drug-likeness (QED) is 0.636. The van der Waals surface area contributed by atoms with E-state index in [1.165, 1.54) is 25.1 Å². The Morgan fingerprint density at radius 2 is 1.92 bits per heavy atom. The van der Waals surface area contributed by atoms with Gasteiger partial charge >= 0.3 is 5.97 Å². The monoisotopic (exact) mass is 368 g/mol. The minimum atomic E-state index is -0.986. The van der Waals surface area contributed by atoms with Crippen LogP contribution >= 0.6 is 11.6 Å². The summed E-state index contributed by atoms with van der Waals surface area (Å²) in [7, 11) is 0. The summed E-state index contributed by atoms with van der Waals surface area (Å²) in [6.07, 6.45) is 1.90. The van der Waals surface area contributed by atoms with Crippen LogP contribution < -0.4 is 5.32 Å². The number of hydrogen-bond donors (Lipinski definition) is 1. The highest BCUT2D eigenvalue weighted by atomic mass is 35.5. The molecule has 5 nitrogen and oxygen atoms in total. The zero-order valence-electron chi connectivity index (χ0n) is 14.3. The third kappa shape index (κ3) is 5.47. The number of hydrogen-bond acceptors (Lipinski definition) is 4. The zero-order valence-corrected chi connectivity index (χ0v) is 15.1. The van der Waals surface area contributed by atoms with E-state index in [1.54, 1.807) is 12.1 Å². The van der Waals surface area contributed by atoms with Crippen molar-refractivity contribution in [3.63, 3.8) is 0 Å². The Morgan fingerprint density at radius 3 is 2.54 bits per heavy atom. The van der Waals surface area contributed by atoms with Crippen molar-refractivity contribution in [3.05, 3.63) is 70.3 Å². The van der Waals surface area contributed by atoms with E-state index in [0.29, 0.717) is 11.3 Å². The number of carbonyl (C=O) groups excluding carboxylic acids is 2. The zero-order chi connectivity index (χ0) is 19.1. The largest absolute Gasteiger partial charge is 0.449 e. The minimum Gasteiger partial charge on any atom is -0.449 e. The molecule has 1 N–H and O–H groups in total. The van der Waals surface area contributed by atoms with Crippen molar-refractivity contribution in [3.8, 4) is 6.07 Å². The van der Waals surface area contributed by atoms with E-state index in [2.05, 4.69) is 5.32 Å². The van der Waals surface area contributed by atoms with Crippen LogP contribution in [0.25, 0.3) is 6.08 Å². The van der Waals surface area contributed by atoms with Gasteiger partial charge < -0.3 is 10.1 Å². The lowest BCUT2D eigenvalue weighted by Gasteiger charge is -2.12. The molecule has 132 valence electrons. The maximum atomic E-state index is 12.1. The topological polar surface area (TPSA) is 79.2 Å². The number of esters is 1. The van der Waals surface area contributed by atoms with Crippen LogP contribution in [0.2, 0.25) is 5.02 Å². The van der Waals surface area contributed by atoms with E-state index in [-0.39, 0.29) is 5.02 Å². The van der Waals surface area contributed by atoms with E-state index in [1.807, 2.05) is 37.3 Å². The van der Waals surface area contributed by atoms with Crippen molar-refractivity contribution in [1.29, 1.82) is 5.26 Å². The average Bonchev–Trinajstić information content (AvgIpc) is 2.61. The summed E-state index contributed by atoms with van der Waals surface area (Å²) in [5, 5.41) is 11.7. The normalized spacial score (nSPS) is 11.6. The Hall–Kier alpha value is -3.10. The van der Waals surface area contributed by atoms with E-state index >= 15 is 0 Å². The Balaban J connectivity index is 1.91. The molecule has 0 aliphatic rings. The molecule has 1 unspecified atom stereocenters. The highest BCUT2D eigenvalue weighted by molar-refractivity contribution is 6.32. The van der Waals surface area contributed by atoms with Crippen molar-refractivity contribution in [1.82, 2.24) is 0 Å². The van der Waals surface area contributed by atoms with Crippen molar-refractivity contribution < 1.29 is 14.3 Å². The second-order valence-corrected chi connectivity index (χ2v) is 6.03. The first-order valence-corrected chi connectivity index (χ1v) is 8.22. The molecule has 26 heavy (non-hydrogen) atoms. The molecular formula is C20H17ClN2O3. The van der Waals surface area contributed by atoms with Crippen molar-refractivity contribution in [2.75, 3.05) is 5.32 Å². The third-order valence-electron chi connectivity index (χ3n) is 3.51. The first kappa shape index (κ1) is 19.2. The van der Waals surface area contributed by atoms with Gasteiger partial charge in [0, 0.05) is 11.8 Å². The number of aryl methyl sites for hydroxylation is 1. The number of rotatable bonds is 5. The number of nitriles is 1. The second kappa shape index (κ2) is 8.84. The molecule has 1 amide bonds. The number of nitrogens with zero attached hydrogens (tertiary/aromatic N) is 1. The van der Waals surface area contributed by atoms with E-state index in [9.17, 15) is 9.59 Å². The maximum Gasteiger partial charge on any atom is 0.331 e. The SMILES string of the molecule is Cc1ccc(/C=C/C(=O)OC(C)C(=O)Nc2ccc(C#N)c(Cl)c2)cc1. The van der Waals surface area contributed by atoms with Crippen LogP contribution in [0, 0.1) is 18.3 Å². The maximum absolute atomic E-state index is 12.1. The predicted octanol–water partition coefficient (Wildman–Crippen LogP) is 4.10. The Kier molecular flexibility index (Phi) is 6.54. The molecular weight excluding hydrogens is 352 g/mol. The van der Waals surface area contributed by atoms with Gasteiger partial charge in [0.2, 0.25) is 0 Å². The lowest BCUT2D eigenvalue weighted by molar-refractivity contribution is -0.148. The van der Waals surface area contributed by atoms with Crippen LogP contribution in [0.3, 0.4) is 0 Å². The van der Waals surface area contributed by atoms with Gasteiger partial charge in [0.05, 0.1) is 10.6 Å². The van der Waals surface area contributed by atoms with Gasteiger partial charge in [-0.05, 0) is 43.7 Å². The number of benzene rings is 2. The van der Waals surface area contributed by atoms with E-state index < -0.39 is 18.0 Å².